The fourth-order valence-corrected chi connectivity index (χ4v) is 1.21. The fourth-order valence-electron chi connectivity index (χ4n) is 1.21. The number of nitrogens with two attached hydrogens (primary N) is 1. The van der Waals surface area contributed by atoms with Gasteiger partial charge in [0.15, 0.2) is 0 Å². The molecule has 1 aliphatic heterocycles. The molecule has 1 rings (SSSR count). The van der Waals surface area contributed by atoms with Gasteiger partial charge in [-0.2, -0.15) is 0 Å². The third kappa shape index (κ3) is 1.13. The molecule has 0 aromatic heterocycles. The van der Waals surface area contributed by atoms with E-state index in [4.69, 9.17) is 5.73 Å². The first-order valence-corrected chi connectivity index (χ1v) is 3.40. The summed E-state index contributed by atoms with van der Waals surface area (Å²) in [5.41, 5.74) is 4.32. The molecule has 0 spiro atoms. The van der Waals surface area contributed by atoms with Crippen molar-refractivity contribution in [1.82, 2.24) is 5.32 Å². The van der Waals surface area contributed by atoms with Crippen molar-refractivity contribution < 1.29 is 8.78 Å². The molecule has 60 valence electrons. The minimum absolute atomic E-state index is 0.0810. The number of rotatable bonds is 2. The molecule has 0 bridgehead atoms. The summed E-state index contributed by atoms with van der Waals surface area (Å²) in [4.78, 5) is 0. The molecule has 0 aromatic rings. The van der Waals surface area contributed by atoms with E-state index in [0.717, 1.165) is 0 Å². The number of nitrogens with one attached hydrogen (secondary N) is 1. The van der Waals surface area contributed by atoms with Crippen LogP contribution in [0.15, 0.2) is 0 Å². The van der Waals surface area contributed by atoms with Gasteiger partial charge in [-0.25, -0.2) is 8.78 Å². The highest BCUT2D eigenvalue weighted by molar-refractivity contribution is 4.90. The Hall–Kier alpha value is -0.220. The van der Waals surface area contributed by atoms with Gasteiger partial charge in [-0.1, -0.05) is 0 Å². The molecule has 10 heavy (non-hydrogen) atoms. The van der Waals surface area contributed by atoms with Gasteiger partial charge in [0.05, 0.1) is 5.41 Å². The summed E-state index contributed by atoms with van der Waals surface area (Å²) < 4.78 is 24.6. The second-order valence-electron chi connectivity index (χ2n) is 2.79. The van der Waals surface area contributed by atoms with Gasteiger partial charge >= 0.3 is 0 Å². The van der Waals surface area contributed by atoms with Crippen LogP contribution in [-0.4, -0.2) is 26.1 Å². The average molecular weight is 150 g/mol. The predicted octanol–water partition coefficient (Wildman–Crippen LogP) is 0.190. The highest BCUT2D eigenvalue weighted by Gasteiger charge is 2.41. The van der Waals surface area contributed by atoms with Gasteiger partial charge in [-0.15, -0.1) is 0 Å². The Kier molecular flexibility index (Phi) is 2.21. The van der Waals surface area contributed by atoms with Crippen molar-refractivity contribution in [3.05, 3.63) is 0 Å². The van der Waals surface area contributed by atoms with Crippen molar-refractivity contribution >= 4 is 0 Å². The maximum absolute atomic E-state index is 12.3. The molecule has 0 saturated carbocycles. The van der Waals surface area contributed by atoms with Crippen LogP contribution in [0.1, 0.15) is 6.42 Å². The summed E-state index contributed by atoms with van der Waals surface area (Å²) in [7, 11) is 0. The Bertz CT molecular complexity index is 110. The van der Waals surface area contributed by atoms with Crippen LogP contribution in [0.2, 0.25) is 0 Å². The van der Waals surface area contributed by atoms with Gasteiger partial charge in [0, 0.05) is 13.1 Å². The van der Waals surface area contributed by atoms with Gasteiger partial charge in [0.25, 0.3) is 0 Å². The lowest BCUT2D eigenvalue weighted by molar-refractivity contribution is 0.0142. The van der Waals surface area contributed by atoms with Crippen LogP contribution >= 0.6 is 0 Å². The van der Waals surface area contributed by atoms with Gasteiger partial charge in [0.1, 0.15) is 0 Å². The van der Waals surface area contributed by atoms with Crippen LogP contribution in [0.5, 0.6) is 0 Å². The Balaban J connectivity index is 2.58. The van der Waals surface area contributed by atoms with Crippen molar-refractivity contribution in [2.75, 3.05) is 19.6 Å². The smallest absolute Gasteiger partial charge is 0.246 e. The summed E-state index contributed by atoms with van der Waals surface area (Å²) >= 11 is 0. The monoisotopic (exact) mass is 150 g/mol. The topological polar surface area (TPSA) is 38.0 Å². The largest absolute Gasteiger partial charge is 0.330 e. The minimum atomic E-state index is -2.28. The Morgan fingerprint density at radius 1 is 1.60 bits per heavy atom. The molecular formula is C6H12F2N2. The van der Waals surface area contributed by atoms with Gasteiger partial charge in [0.2, 0.25) is 6.43 Å². The number of halogens is 2. The van der Waals surface area contributed by atoms with E-state index in [2.05, 4.69) is 5.32 Å². The van der Waals surface area contributed by atoms with E-state index in [1.54, 1.807) is 0 Å². The number of hydrogen-bond donors (Lipinski definition) is 2. The molecule has 0 amide bonds. The van der Waals surface area contributed by atoms with Crippen molar-refractivity contribution in [3.8, 4) is 0 Å². The van der Waals surface area contributed by atoms with E-state index in [-0.39, 0.29) is 6.54 Å². The van der Waals surface area contributed by atoms with E-state index in [0.29, 0.717) is 19.5 Å². The molecule has 1 atom stereocenters. The lowest BCUT2D eigenvalue weighted by atomic mass is 9.88. The van der Waals surface area contributed by atoms with Crippen molar-refractivity contribution in [3.63, 3.8) is 0 Å². The molecule has 0 radical (unpaired) electrons. The zero-order valence-electron chi connectivity index (χ0n) is 5.74. The lowest BCUT2D eigenvalue weighted by Crippen LogP contribution is -2.39. The van der Waals surface area contributed by atoms with E-state index in [1.807, 2.05) is 0 Å². The maximum atomic E-state index is 12.3. The summed E-state index contributed by atoms with van der Waals surface area (Å²) in [6.45, 7) is 1.11. The van der Waals surface area contributed by atoms with E-state index >= 15 is 0 Å². The Labute approximate surface area is 58.8 Å². The first-order valence-electron chi connectivity index (χ1n) is 3.40. The van der Waals surface area contributed by atoms with Crippen LogP contribution in [0, 0.1) is 5.41 Å². The molecule has 4 heteroatoms. The predicted molar refractivity (Wildman–Crippen MR) is 35.0 cm³/mol. The Morgan fingerprint density at radius 3 is 2.50 bits per heavy atom. The molecule has 1 saturated heterocycles. The summed E-state index contributed by atoms with van der Waals surface area (Å²) in [6.07, 6.45) is -1.78. The second kappa shape index (κ2) is 2.80. The minimum Gasteiger partial charge on any atom is -0.330 e. The summed E-state index contributed by atoms with van der Waals surface area (Å²) in [5, 5.41) is 2.89. The quantitative estimate of drug-likeness (QED) is 0.589. The SMILES string of the molecule is NCC1(C(F)F)CCNC1. The number of alkyl halides is 2. The van der Waals surface area contributed by atoms with Crippen molar-refractivity contribution in [2.45, 2.75) is 12.8 Å². The molecular weight excluding hydrogens is 138 g/mol. The van der Waals surface area contributed by atoms with Crippen LogP contribution < -0.4 is 11.1 Å². The zero-order valence-corrected chi connectivity index (χ0v) is 5.74. The van der Waals surface area contributed by atoms with E-state index < -0.39 is 11.8 Å². The Morgan fingerprint density at radius 2 is 2.30 bits per heavy atom. The van der Waals surface area contributed by atoms with Crippen molar-refractivity contribution in [1.29, 1.82) is 0 Å². The van der Waals surface area contributed by atoms with Crippen molar-refractivity contribution in [2.24, 2.45) is 11.1 Å². The average Bonchev–Trinajstić information content (AvgIpc) is 2.35. The third-order valence-corrected chi connectivity index (χ3v) is 2.15. The highest BCUT2D eigenvalue weighted by Crippen LogP contribution is 2.31. The molecule has 1 aliphatic rings. The number of hydrogen-bond acceptors (Lipinski definition) is 2. The highest BCUT2D eigenvalue weighted by atomic mass is 19.3. The molecule has 0 aliphatic carbocycles. The second-order valence-corrected chi connectivity index (χ2v) is 2.79. The first-order chi connectivity index (χ1) is 4.71. The first kappa shape index (κ1) is 7.88. The molecule has 1 fully saturated rings. The van der Waals surface area contributed by atoms with Gasteiger partial charge in [-0.05, 0) is 13.0 Å². The van der Waals surface area contributed by atoms with Crippen LogP contribution in [0.25, 0.3) is 0 Å². The van der Waals surface area contributed by atoms with Gasteiger partial charge < -0.3 is 11.1 Å². The van der Waals surface area contributed by atoms with E-state index in [1.165, 1.54) is 0 Å². The fraction of sp³-hybridized carbons (Fsp3) is 1.00. The van der Waals surface area contributed by atoms with Crippen LogP contribution in [-0.2, 0) is 0 Å². The zero-order chi connectivity index (χ0) is 7.61. The molecule has 3 N–H and O–H groups in total. The standard InChI is InChI=1S/C6H12F2N2/c7-5(8)6(3-9)1-2-10-4-6/h5,10H,1-4,9H2. The van der Waals surface area contributed by atoms with Crippen LogP contribution in [0.3, 0.4) is 0 Å². The molecule has 1 unspecified atom stereocenters. The van der Waals surface area contributed by atoms with Crippen LogP contribution in [0.4, 0.5) is 8.78 Å². The summed E-state index contributed by atoms with van der Waals surface area (Å²) in [6, 6.07) is 0. The van der Waals surface area contributed by atoms with Gasteiger partial charge in [-0.3, -0.25) is 0 Å². The summed E-state index contributed by atoms with van der Waals surface area (Å²) in [5.74, 6) is 0. The maximum Gasteiger partial charge on any atom is 0.246 e. The molecule has 2 nitrogen and oxygen atoms in total. The third-order valence-electron chi connectivity index (χ3n) is 2.15. The lowest BCUT2D eigenvalue weighted by Gasteiger charge is -2.24. The molecule has 1 heterocycles. The normalized spacial score (nSPS) is 33.6. The molecule has 0 aromatic carbocycles. The van der Waals surface area contributed by atoms with E-state index in [9.17, 15) is 8.78 Å².